The van der Waals surface area contributed by atoms with E-state index in [0.717, 1.165) is 13.1 Å². The van der Waals surface area contributed by atoms with Crippen molar-refractivity contribution in [2.45, 2.75) is 0 Å². The fraction of sp³-hybridized carbons (Fsp3) is 0.286. The Hall–Kier alpha value is -1.56. The Bertz CT molecular complexity index is 604. The van der Waals surface area contributed by atoms with Gasteiger partial charge in [-0.15, -0.1) is 0 Å². The number of hydrogen-bond donors (Lipinski definition) is 2. The first-order chi connectivity index (χ1) is 10.1. The van der Waals surface area contributed by atoms with E-state index in [1.807, 2.05) is 26.2 Å². The lowest BCUT2D eigenvalue weighted by Gasteiger charge is -2.12. The van der Waals surface area contributed by atoms with Gasteiger partial charge >= 0.3 is 0 Å². The van der Waals surface area contributed by atoms with Crippen LogP contribution in [0.4, 0.5) is 17.5 Å². The summed E-state index contributed by atoms with van der Waals surface area (Å²) in [4.78, 5) is 10.6. The average molecular weight is 326 g/mol. The second-order valence-electron chi connectivity index (χ2n) is 4.72. The molecule has 0 aliphatic rings. The third kappa shape index (κ3) is 4.74. The van der Waals surface area contributed by atoms with E-state index in [1.165, 1.54) is 0 Å². The molecule has 0 saturated heterocycles. The lowest BCUT2D eigenvalue weighted by molar-refractivity contribution is 0.425. The normalized spacial score (nSPS) is 10.7. The van der Waals surface area contributed by atoms with Crippen LogP contribution in [0.2, 0.25) is 10.0 Å². The Kier molecular flexibility index (Phi) is 5.61. The largest absolute Gasteiger partial charge is 0.353 e. The van der Waals surface area contributed by atoms with Crippen molar-refractivity contribution in [3.8, 4) is 0 Å². The third-order valence-corrected chi connectivity index (χ3v) is 3.53. The van der Waals surface area contributed by atoms with Crippen molar-refractivity contribution in [3.63, 3.8) is 0 Å². The molecule has 0 spiro atoms. The van der Waals surface area contributed by atoms with E-state index in [2.05, 4.69) is 25.5 Å². The highest BCUT2D eigenvalue weighted by Crippen LogP contribution is 2.31. The molecule has 2 rings (SSSR count). The molecule has 0 aliphatic heterocycles. The van der Waals surface area contributed by atoms with Crippen molar-refractivity contribution in [3.05, 3.63) is 40.5 Å². The second-order valence-corrected chi connectivity index (χ2v) is 5.51. The highest BCUT2D eigenvalue weighted by atomic mass is 35.5. The molecule has 112 valence electrons. The van der Waals surface area contributed by atoms with Gasteiger partial charge < -0.3 is 15.5 Å². The summed E-state index contributed by atoms with van der Waals surface area (Å²) in [6.45, 7) is 1.68. The molecule has 0 radical (unpaired) electrons. The molecule has 1 heterocycles. The highest BCUT2D eigenvalue weighted by Gasteiger charge is 2.06. The summed E-state index contributed by atoms with van der Waals surface area (Å²) < 4.78 is 0. The number of halogens is 2. The van der Waals surface area contributed by atoms with Gasteiger partial charge in [-0.25, -0.2) is 4.98 Å². The Balaban J connectivity index is 2.05. The average Bonchev–Trinajstić information content (AvgIpc) is 2.44. The van der Waals surface area contributed by atoms with Crippen LogP contribution >= 0.6 is 23.2 Å². The van der Waals surface area contributed by atoms with Crippen molar-refractivity contribution in [1.82, 2.24) is 14.9 Å². The van der Waals surface area contributed by atoms with E-state index in [0.29, 0.717) is 27.5 Å². The van der Waals surface area contributed by atoms with E-state index < -0.39 is 0 Å². The summed E-state index contributed by atoms with van der Waals surface area (Å²) in [5.74, 6) is 1.22. The number of anilines is 3. The first-order valence-corrected chi connectivity index (χ1v) is 7.24. The van der Waals surface area contributed by atoms with Gasteiger partial charge in [0, 0.05) is 19.3 Å². The van der Waals surface area contributed by atoms with Gasteiger partial charge in [0.25, 0.3) is 0 Å². The second kappa shape index (κ2) is 7.45. The van der Waals surface area contributed by atoms with Crippen molar-refractivity contribution >= 4 is 40.7 Å². The monoisotopic (exact) mass is 325 g/mol. The summed E-state index contributed by atoms with van der Waals surface area (Å²) in [5, 5.41) is 7.27. The molecule has 1 aromatic heterocycles. The van der Waals surface area contributed by atoms with E-state index >= 15 is 0 Å². The minimum Gasteiger partial charge on any atom is -0.353 e. The molecule has 0 aliphatic carbocycles. The smallest absolute Gasteiger partial charge is 0.224 e. The molecular formula is C14H17Cl2N5. The van der Waals surface area contributed by atoms with Crippen LogP contribution in [0.25, 0.3) is 0 Å². The van der Waals surface area contributed by atoms with Gasteiger partial charge in [0.1, 0.15) is 5.82 Å². The lowest BCUT2D eigenvalue weighted by atomic mass is 10.3. The molecule has 2 N–H and O–H groups in total. The molecule has 0 saturated carbocycles. The molecule has 0 atom stereocenters. The Morgan fingerprint density at radius 2 is 2.00 bits per heavy atom. The summed E-state index contributed by atoms with van der Waals surface area (Å²) in [5.41, 5.74) is 0.710. The number of rotatable bonds is 6. The highest BCUT2D eigenvalue weighted by molar-refractivity contribution is 6.43. The predicted molar refractivity (Wildman–Crippen MR) is 88.8 cm³/mol. The minimum atomic E-state index is 0.472. The van der Waals surface area contributed by atoms with Crippen molar-refractivity contribution < 1.29 is 0 Å². The molecule has 0 unspecified atom stereocenters. The Morgan fingerprint density at radius 1 is 1.19 bits per heavy atom. The van der Waals surface area contributed by atoms with Crippen LogP contribution in [-0.4, -0.2) is 42.1 Å². The van der Waals surface area contributed by atoms with Crippen LogP contribution < -0.4 is 10.6 Å². The van der Waals surface area contributed by atoms with Crippen LogP contribution in [0.15, 0.2) is 30.5 Å². The molecule has 21 heavy (non-hydrogen) atoms. The third-order valence-electron chi connectivity index (χ3n) is 2.71. The number of nitrogens with one attached hydrogen (secondary N) is 2. The van der Waals surface area contributed by atoms with Gasteiger partial charge in [0.05, 0.1) is 15.7 Å². The van der Waals surface area contributed by atoms with Gasteiger partial charge in [-0.05, 0) is 32.3 Å². The maximum absolute atomic E-state index is 6.14. The maximum atomic E-state index is 6.14. The van der Waals surface area contributed by atoms with Gasteiger partial charge in [-0.2, -0.15) is 4.98 Å². The fourth-order valence-electron chi connectivity index (χ4n) is 1.64. The van der Waals surface area contributed by atoms with E-state index in [9.17, 15) is 0 Å². The topological polar surface area (TPSA) is 53.1 Å². The Morgan fingerprint density at radius 3 is 2.76 bits per heavy atom. The standard InChI is InChI=1S/C14H17Cl2N5/c1-21(2)9-8-18-14-17-7-6-12(20-14)19-11-5-3-4-10(15)13(11)16/h3-7H,8-9H2,1-2H3,(H2,17,18,19,20). The Labute approximate surface area is 134 Å². The molecule has 0 bridgehead atoms. The van der Waals surface area contributed by atoms with E-state index in [4.69, 9.17) is 23.2 Å². The zero-order valence-corrected chi connectivity index (χ0v) is 13.4. The first kappa shape index (κ1) is 15.8. The maximum Gasteiger partial charge on any atom is 0.224 e. The molecule has 0 fully saturated rings. The molecular weight excluding hydrogens is 309 g/mol. The van der Waals surface area contributed by atoms with Gasteiger partial charge in [-0.3, -0.25) is 0 Å². The number of likely N-dealkylation sites (N-methyl/N-ethyl adjacent to an activating group) is 1. The summed E-state index contributed by atoms with van der Waals surface area (Å²) >= 11 is 12.1. The van der Waals surface area contributed by atoms with Crippen LogP contribution in [0, 0.1) is 0 Å². The number of nitrogens with zero attached hydrogens (tertiary/aromatic N) is 3. The van der Waals surface area contributed by atoms with Gasteiger partial charge in [0.15, 0.2) is 0 Å². The molecule has 2 aromatic rings. The van der Waals surface area contributed by atoms with Crippen LogP contribution in [0.5, 0.6) is 0 Å². The zero-order chi connectivity index (χ0) is 15.2. The van der Waals surface area contributed by atoms with Gasteiger partial charge in [0.2, 0.25) is 5.95 Å². The molecule has 5 nitrogen and oxygen atoms in total. The van der Waals surface area contributed by atoms with Crippen molar-refractivity contribution in [2.75, 3.05) is 37.8 Å². The summed E-state index contributed by atoms with van der Waals surface area (Å²) in [6.07, 6.45) is 1.69. The molecule has 7 heteroatoms. The number of benzene rings is 1. The molecule has 1 aromatic carbocycles. The fourth-order valence-corrected chi connectivity index (χ4v) is 1.99. The lowest BCUT2D eigenvalue weighted by Crippen LogP contribution is -2.21. The first-order valence-electron chi connectivity index (χ1n) is 6.49. The predicted octanol–water partition coefficient (Wildman–Crippen LogP) is 3.50. The summed E-state index contributed by atoms with van der Waals surface area (Å²) in [6, 6.07) is 7.18. The zero-order valence-electron chi connectivity index (χ0n) is 11.9. The number of hydrogen-bond acceptors (Lipinski definition) is 5. The van der Waals surface area contributed by atoms with Crippen LogP contribution in [0.1, 0.15) is 0 Å². The molecule has 0 amide bonds. The number of aromatic nitrogens is 2. The van der Waals surface area contributed by atoms with E-state index in [-0.39, 0.29) is 0 Å². The van der Waals surface area contributed by atoms with Crippen LogP contribution in [-0.2, 0) is 0 Å². The van der Waals surface area contributed by atoms with E-state index in [1.54, 1.807) is 18.3 Å². The van der Waals surface area contributed by atoms with Crippen LogP contribution in [0.3, 0.4) is 0 Å². The summed E-state index contributed by atoms with van der Waals surface area (Å²) in [7, 11) is 4.03. The van der Waals surface area contributed by atoms with Crippen molar-refractivity contribution in [1.29, 1.82) is 0 Å². The SMILES string of the molecule is CN(C)CCNc1nccc(Nc2cccc(Cl)c2Cl)n1. The van der Waals surface area contributed by atoms with Crippen molar-refractivity contribution in [2.24, 2.45) is 0 Å². The minimum absolute atomic E-state index is 0.472. The quantitative estimate of drug-likeness (QED) is 0.851. The van der Waals surface area contributed by atoms with Gasteiger partial charge in [-0.1, -0.05) is 29.3 Å².